The molecule has 0 spiro atoms. The summed E-state index contributed by atoms with van der Waals surface area (Å²) in [5, 5.41) is 20.1. The minimum atomic E-state index is -0.783. The largest absolute Gasteiger partial charge is 0.502 e. The van der Waals surface area contributed by atoms with E-state index >= 15 is 0 Å². The fourth-order valence-corrected chi connectivity index (χ4v) is 1.80. The molecule has 0 radical (unpaired) electrons. The Bertz CT molecular complexity index is 718. The van der Waals surface area contributed by atoms with Crippen LogP contribution in [0.3, 0.4) is 0 Å². The van der Waals surface area contributed by atoms with E-state index < -0.39 is 28.1 Å². The Morgan fingerprint density at radius 2 is 2.00 bits per heavy atom. The number of halogens is 1. The average molecular weight is 290 g/mol. The highest BCUT2D eigenvalue weighted by atomic mass is 19.1. The SMILES string of the molecule is CN(C(=O)c1ccc(O)c([N+](=O)[O-])c1)c1cccc(F)c1. The molecule has 21 heavy (non-hydrogen) atoms. The number of phenolic OH excluding ortho intramolecular Hbond substituents is 1. The predicted molar refractivity (Wildman–Crippen MR) is 73.9 cm³/mol. The molecule has 0 fully saturated rings. The second-order valence-corrected chi connectivity index (χ2v) is 4.30. The van der Waals surface area contributed by atoms with E-state index in [1.54, 1.807) is 0 Å². The van der Waals surface area contributed by atoms with E-state index in [4.69, 9.17) is 0 Å². The number of rotatable bonds is 3. The molecule has 0 aliphatic heterocycles. The van der Waals surface area contributed by atoms with E-state index in [1.807, 2.05) is 0 Å². The van der Waals surface area contributed by atoms with Gasteiger partial charge in [-0.25, -0.2) is 4.39 Å². The molecule has 2 aromatic rings. The summed E-state index contributed by atoms with van der Waals surface area (Å²) in [6.07, 6.45) is 0. The van der Waals surface area contributed by atoms with Crippen LogP contribution in [0, 0.1) is 15.9 Å². The van der Waals surface area contributed by atoms with Crippen LogP contribution in [0.1, 0.15) is 10.4 Å². The fraction of sp³-hybridized carbons (Fsp3) is 0.0714. The molecule has 7 heteroatoms. The number of benzene rings is 2. The van der Waals surface area contributed by atoms with Gasteiger partial charge >= 0.3 is 5.69 Å². The van der Waals surface area contributed by atoms with Gasteiger partial charge in [-0.3, -0.25) is 14.9 Å². The van der Waals surface area contributed by atoms with Crippen LogP contribution in [0.4, 0.5) is 15.8 Å². The number of hydrogen-bond acceptors (Lipinski definition) is 4. The third-order valence-corrected chi connectivity index (χ3v) is 2.92. The summed E-state index contributed by atoms with van der Waals surface area (Å²) in [6, 6.07) is 8.72. The van der Waals surface area contributed by atoms with Crippen molar-refractivity contribution in [3.63, 3.8) is 0 Å². The first-order valence-corrected chi connectivity index (χ1v) is 5.91. The molecule has 0 atom stereocenters. The van der Waals surface area contributed by atoms with Crippen LogP contribution in [0.2, 0.25) is 0 Å². The van der Waals surface area contributed by atoms with Gasteiger partial charge in [-0.15, -0.1) is 0 Å². The number of carbonyl (C=O) groups excluding carboxylic acids is 1. The summed E-state index contributed by atoms with van der Waals surface area (Å²) in [7, 11) is 1.43. The maximum Gasteiger partial charge on any atom is 0.311 e. The van der Waals surface area contributed by atoms with Crippen LogP contribution in [0.25, 0.3) is 0 Å². The number of hydrogen-bond donors (Lipinski definition) is 1. The van der Waals surface area contributed by atoms with Gasteiger partial charge in [-0.05, 0) is 30.3 Å². The number of nitro groups is 1. The minimum Gasteiger partial charge on any atom is -0.502 e. The fourth-order valence-electron chi connectivity index (χ4n) is 1.80. The number of nitro benzene ring substituents is 1. The number of amides is 1. The van der Waals surface area contributed by atoms with Crippen molar-refractivity contribution in [2.75, 3.05) is 11.9 Å². The standard InChI is InChI=1S/C14H11FN2O4/c1-16(11-4-2-3-10(15)8-11)14(19)9-5-6-13(18)12(7-9)17(20)21/h2-8,18H,1H3. The molecule has 0 heterocycles. The van der Waals surface area contributed by atoms with Crippen molar-refractivity contribution in [1.82, 2.24) is 0 Å². The first-order valence-electron chi connectivity index (χ1n) is 5.91. The third-order valence-electron chi connectivity index (χ3n) is 2.92. The molecule has 0 bridgehead atoms. The summed E-state index contributed by atoms with van der Waals surface area (Å²) >= 11 is 0. The van der Waals surface area contributed by atoms with Crippen LogP contribution in [-0.2, 0) is 0 Å². The molecule has 108 valence electrons. The van der Waals surface area contributed by atoms with Crippen molar-refractivity contribution in [1.29, 1.82) is 0 Å². The lowest BCUT2D eigenvalue weighted by Crippen LogP contribution is -2.26. The summed E-state index contributed by atoms with van der Waals surface area (Å²) in [5.74, 6) is -1.57. The van der Waals surface area contributed by atoms with Crippen LogP contribution in [0.15, 0.2) is 42.5 Å². The molecule has 1 N–H and O–H groups in total. The molecule has 2 aromatic carbocycles. The Morgan fingerprint density at radius 1 is 1.29 bits per heavy atom. The highest BCUT2D eigenvalue weighted by molar-refractivity contribution is 6.06. The van der Waals surface area contributed by atoms with Gasteiger partial charge in [-0.2, -0.15) is 0 Å². The highest BCUT2D eigenvalue weighted by Crippen LogP contribution is 2.27. The number of phenols is 1. The number of anilines is 1. The minimum absolute atomic E-state index is 0.0197. The molecule has 0 saturated carbocycles. The van der Waals surface area contributed by atoms with Crippen molar-refractivity contribution in [2.45, 2.75) is 0 Å². The Kier molecular flexibility index (Phi) is 3.84. The van der Waals surface area contributed by atoms with Gasteiger partial charge in [0.25, 0.3) is 5.91 Å². The zero-order valence-electron chi connectivity index (χ0n) is 11.0. The molecule has 1 amide bonds. The van der Waals surface area contributed by atoms with E-state index in [-0.39, 0.29) is 5.56 Å². The van der Waals surface area contributed by atoms with Crippen molar-refractivity contribution in [3.05, 3.63) is 64.0 Å². The van der Waals surface area contributed by atoms with Gasteiger partial charge in [0.2, 0.25) is 0 Å². The van der Waals surface area contributed by atoms with E-state index in [2.05, 4.69) is 0 Å². The lowest BCUT2D eigenvalue weighted by Gasteiger charge is -2.17. The second kappa shape index (κ2) is 5.58. The number of carbonyl (C=O) groups is 1. The summed E-state index contributed by atoms with van der Waals surface area (Å²) in [4.78, 5) is 23.4. The first kappa shape index (κ1) is 14.4. The van der Waals surface area contributed by atoms with Crippen molar-refractivity contribution in [2.24, 2.45) is 0 Å². The maximum atomic E-state index is 13.2. The lowest BCUT2D eigenvalue weighted by atomic mass is 10.1. The first-order chi connectivity index (χ1) is 9.90. The van der Waals surface area contributed by atoms with Crippen LogP contribution in [-0.4, -0.2) is 23.0 Å². The van der Waals surface area contributed by atoms with Crippen molar-refractivity contribution < 1.29 is 19.2 Å². The van der Waals surface area contributed by atoms with E-state index in [0.717, 1.165) is 12.1 Å². The predicted octanol–water partition coefficient (Wildman–Crippen LogP) is 2.72. The molecule has 0 aliphatic rings. The van der Waals surface area contributed by atoms with Crippen LogP contribution < -0.4 is 4.90 Å². The van der Waals surface area contributed by atoms with E-state index in [9.17, 15) is 24.4 Å². The van der Waals surface area contributed by atoms with Crippen LogP contribution >= 0.6 is 0 Å². The average Bonchev–Trinajstić information content (AvgIpc) is 2.46. The Morgan fingerprint density at radius 3 is 2.62 bits per heavy atom. The molecule has 0 unspecified atom stereocenters. The molecule has 6 nitrogen and oxygen atoms in total. The second-order valence-electron chi connectivity index (χ2n) is 4.30. The Hall–Kier alpha value is -2.96. The van der Waals surface area contributed by atoms with Crippen molar-refractivity contribution in [3.8, 4) is 5.75 Å². The van der Waals surface area contributed by atoms with E-state index in [1.165, 1.54) is 42.3 Å². The quantitative estimate of drug-likeness (QED) is 0.695. The molecular formula is C14H11FN2O4. The number of aromatic hydroxyl groups is 1. The normalized spacial score (nSPS) is 10.2. The zero-order valence-corrected chi connectivity index (χ0v) is 11.0. The smallest absolute Gasteiger partial charge is 0.311 e. The summed E-state index contributed by atoms with van der Waals surface area (Å²) < 4.78 is 13.2. The van der Waals surface area contributed by atoms with Gasteiger partial charge in [0.05, 0.1) is 4.92 Å². The highest BCUT2D eigenvalue weighted by Gasteiger charge is 2.20. The zero-order chi connectivity index (χ0) is 15.6. The maximum absolute atomic E-state index is 13.2. The monoisotopic (exact) mass is 290 g/mol. The summed E-state index contributed by atoms with van der Waals surface area (Å²) in [5.41, 5.74) is -0.226. The Balaban J connectivity index is 2.36. The molecule has 0 aliphatic carbocycles. The van der Waals surface area contributed by atoms with Gasteiger partial charge in [0.15, 0.2) is 5.75 Å². The van der Waals surface area contributed by atoms with Crippen molar-refractivity contribution >= 4 is 17.3 Å². The topological polar surface area (TPSA) is 83.7 Å². The van der Waals surface area contributed by atoms with Gasteiger partial charge in [0.1, 0.15) is 5.82 Å². The molecule has 0 saturated heterocycles. The molecular weight excluding hydrogens is 279 g/mol. The molecule has 2 rings (SSSR count). The molecule has 0 aromatic heterocycles. The van der Waals surface area contributed by atoms with Gasteiger partial charge < -0.3 is 10.0 Å². The van der Waals surface area contributed by atoms with Crippen LogP contribution in [0.5, 0.6) is 5.75 Å². The third kappa shape index (κ3) is 2.97. The van der Waals surface area contributed by atoms with Gasteiger partial charge in [0, 0.05) is 24.4 Å². The lowest BCUT2D eigenvalue weighted by molar-refractivity contribution is -0.385. The van der Waals surface area contributed by atoms with E-state index in [0.29, 0.717) is 5.69 Å². The number of nitrogens with zero attached hydrogens (tertiary/aromatic N) is 2. The van der Waals surface area contributed by atoms with Gasteiger partial charge in [-0.1, -0.05) is 6.07 Å². The summed E-state index contributed by atoms with van der Waals surface area (Å²) in [6.45, 7) is 0. The Labute approximate surface area is 119 Å².